The average molecular weight is 339 g/mol. The van der Waals surface area contributed by atoms with Crippen molar-refractivity contribution in [1.29, 1.82) is 0 Å². The van der Waals surface area contributed by atoms with E-state index in [4.69, 9.17) is 4.74 Å². The summed E-state index contributed by atoms with van der Waals surface area (Å²) in [4.78, 5) is 13.3. The Bertz CT molecular complexity index is 673. The molecule has 3 nitrogen and oxygen atoms in total. The SMILES string of the molecule is COc1cc2c(cc1NC(=O)C13CC4CC(CC(C4)C1)C3)CCCC2. The molecule has 1 amide bonds. The standard InChI is InChI=1S/C22H29NO2/c1-25-20-10-18-5-3-2-4-17(18)9-19(20)23-21(24)22-11-14-6-15(12-22)8-16(7-14)13-22/h9-10,14-16H,2-8,11-13H2,1H3,(H,23,24). The number of hydrogen-bond donors (Lipinski definition) is 1. The molecule has 0 aromatic heterocycles. The number of carbonyl (C=O) groups excluding carboxylic acids is 1. The molecule has 25 heavy (non-hydrogen) atoms. The van der Waals surface area contributed by atoms with Crippen molar-refractivity contribution in [2.24, 2.45) is 23.2 Å². The lowest BCUT2D eigenvalue weighted by Crippen LogP contribution is -2.51. The molecule has 0 unspecified atom stereocenters. The predicted octanol–water partition coefficient (Wildman–Crippen LogP) is 4.73. The fourth-order valence-corrected chi connectivity index (χ4v) is 6.67. The molecule has 5 aliphatic rings. The van der Waals surface area contributed by atoms with E-state index in [2.05, 4.69) is 17.4 Å². The Morgan fingerprint density at radius 1 is 1.00 bits per heavy atom. The Morgan fingerprint density at radius 2 is 1.56 bits per heavy atom. The molecule has 4 bridgehead atoms. The third-order valence-corrected chi connectivity index (χ3v) is 7.43. The number of anilines is 1. The van der Waals surface area contributed by atoms with Gasteiger partial charge in [0.05, 0.1) is 18.2 Å². The topological polar surface area (TPSA) is 38.3 Å². The zero-order valence-corrected chi connectivity index (χ0v) is 15.3. The van der Waals surface area contributed by atoms with E-state index >= 15 is 0 Å². The Labute approximate surface area is 150 Å². The first-order valence-electron chi connectivity index (χ1n) is 10.2. The molecular formula is C22H29NO2. The molecule has 6 rings (SSSR count). The van der Waals surface area contributed by atoms with Gasteiger partial charge in [0.25, 0.3) is 0 Å². The fraction of sp³-hybridized carbons (Fsp3) is 0.682. The molecule has 0 spiro atoms. The molecule has 1 N–H and O–H groups in total. The van der Waals surface area contributed by atoms with Gasteiger partial charge in [0, 0.05) is 0 Å². The van der Waals surface area contributed by atoms with E-state index in [1.807, 2.05) is 0 Å². The normalized spacial score (nSPS) is 35.3. The van der Waals surface area contributed by atoms with Gasteiger partial charge in [0.2, 0.25) is 5.91 Å². The molecule has 4 fully saturated rings. The molecule has 0 atom stereocenters. The molecule has 1 aromatic carbocycles. The van der Waals surface area contributed by atoms with Gasteiger partial charge in [-0.3, -0.25) is 4.79 Å². The maximum absolute atomic E-state index is 13.3. The molecule has 0 saturated heterocycles. The number of carbonyl (C=O) groups is 1. The number of ether oxygens (including phenoxy) is 1. The van der Waals surface area contributed by atoms with E-state index in [1.165, 1.54) is 43.2 Å². The highest BCUT2D eigenvalue weighted by molar-refractivity contribution is 5.97. The van der Waals surface area contributed by atoms with Crippen molar-refractivity contribution in [2.75, 3.05) is 12.4 Å². The second-order valence-corrected chi connectivity index (χ2v) is 9.18. The minimum absolute atomic E-state index is 0.102. The van der Waals surface area contributed by atoms with E-state index in [9.17, 15) is 4.79 Å². The highest BCUT2D eigenvalue weighted by atomic mass is 16.5. The lowest BCUT2D eigenvalue weighted by atomic mass is 9.49. The molecule has 134 valence electrons. The summed E-state index contributed by atoms with van der Waals surface area (Å²) in [5.41, 5.74) is 3.59. The molecule has 4 saturated carbocycles. The molecule has 5 aliphatic carbocycles. The number of amides is 1. The predicted molar refractivity (Wildman–Crippen MR) is 98.9 cm³/mol. The summed E-state index contributed by atoms with van der Waals surface area (Å²) in [6.07, 6.45) is 12.2. The highest BCUT2D eigenvalue weighted by Gasteiger charge is 2.54. The van der Waals surface area contributed by atoms with Crippen LogP contribution in [0.15, 0.2) is 12.1 Å². The van der Waals surface area contributed by atoms with Crippen LogP contribution in [0.4, 0.5) is 5.69 Å². The minimum atomic E-state index is -0.102. The molecule has 3 heteroatoms. The van der Waals surface area contributed by atoms with E-state index in [1.54, 1.807) is 7.11 Å². The van der Waals surface area contributed by atoms with Crippen molar-refractivity contribution in [3.63, 3.8) is 0 Å². The zero-order chi connectivity index (χ0) is 17.0. The summed E-state index contributed by atoms with van der Waals surface area (Å²) in [6, 6.07) is 4.34. The second-order valence-electron chi connectivity index (χ2n) is 9.18. The van der Waals surface area contributed by atoms with Crippen LogP contribution in [0, 0.1) is 23.2 Å². The van der Waals surface area contributed by atoms with Crippen LogP contribution in [-0.4, -0.2) is 13.0 Å². The van der Waals surface area contributed by atoms with Crippen molar-refractivity contribution >= 4 is 11.6 Å². The van der Waals surface area contributed by atoms with Crippen LogP contribution in [0.2, 0.25) is 0 Å². The Hall–Kier alpha value is -1.51. The van der Waals surface area contributed by atoms with Gasteiger partial charge in [-0.25, -0.2) is 0 Å². The molecule has 0 aliphatic heterocycles. The maximum Gasteiger partial charge on any atom is 0.230 e. The van der Waals surface area contributed by atoms with E-state index in [0.717, 1.165) is 61.3 Å². The lowest BCUT2D eigenvalue weighted by Gasteiger charge is -2.55. The van der Waals surface area contributed by atoms with Crippen molar-refractivity contribution < 1.29 is 9.53 Å². The molecule has 1 aromatic rings. The van der Waals surface area contributed by atoms with E-state index in [0.29, 0.717) is 0 Å². The summed E-state index contributed by atoms with van der Waals surface area (Å²) in [7, 11) is 1.71. The Morgan fingerprint density at radius 3 is 2.12 bits per heavy atom. The Balaban J connectivity index is 1.42. The van der Waals surface area contributed by atoms with Gasteiger partial charge in [-0.2, -0.15) is 0 Å². The lowest BCUT2D eigenvalue weighted by molar-refractivity contribution is -0.140. The third-order valence-electron chi connectivity index (χ3n) is 7.43. The highest BCUT2D eigenvalue weighted by Crippen LogP contribution is 2.60. The van der Waals surface area contributed by atoms with Crippen LogP contribution in [-0.2, 0) is 17.6 Å². The van der Waals surface area contributed by atoms with Gasteiger partial charge < -0.3 is 10.1 Å². The largest absolute Gasteiger partial charge is 0.495 e. The van der Waals surface area contributed by atoms with Gasteiger partial charge in [0.15, 0.2) is 0 Å². The van der Waals surface area contributed by atoms with Crippen molar-refractivity contribution in [2.45, 2.75) is 64.2 Å². The van der Waals surface area contributed by atoms with Crippen LogP contribution in [0.25, 0.3) is 0 Å². The minimum Gasteiger partial charge on any atom is -0.495 e. The number of hydrogen-bond acceptors (Lipinski definition) is 2. The molecule has 0 heterocycles. The van der Waals surface area contributed by atoms with Gasteiger partial charge in [-0.15, -0.1) is 0 Å². The maximum atomic E-state index is 13.3. The number of aryl methyl sites for hydroxylation is 2. The number of rotatable bonds is 3. The van der Waals surface area contributed by atoms with Crippen LogP contribution in [0.1, 0.15) is 62.5 Å². The zero-order valence-electron chi connectivity index (χ0n) is 15.3. The summed E-state index contributed by atoms with van der Waals surface area (Å²) < 4.78 is 5.62. The van der Waals surface area contributed by atoms with Gasteiger partial charge in [-0.1, -0.05) is 0 Å². The third kappa shape index (κ3) is 2.58. The van der Waals surface area contributed by atoms with Crippen molar-refractivity contribution in [3.05, 3.63) is 23.3 Å². The number of benzene rings is 1. The number of fused-ring (bicyclic) bond motifs is 1. The quantitative estimate of drug-likeness (QED) is 0.864. The monoisotopic (exact) mass is 339 g/mol. The average Bonchev–Trinajstić information content (AvgIpc) is 2.60. The number of nitrogens with one attached hydrogen (secondary N) is 1. The summed E-state index contributed by atoms with van der Waals surface area (Å²) in [5.74, 6) is 3.48. The van der Waals surface area contributed by atoms with Crippen LogP contribution >= 0.6 is 0 Å². The van der Waals surface area contributed by atoms with Gasteiger partial charge >= 0.3 is 0 Å². The first kappa shape index (κ1) is 15.7. The first-order valence-corrected chi connectivity index (χ1v) is 10.2. The Kier molecular flexibility index (Phi) is 3.62. The summed E-state index contributed by atoms with van der Waals surface area (Å²) in [6.45, 7) is 0. The van der Waals surface area contributed by atoms with Crippen molar-refractivity contribution in [3.8, 4) is 5.75 Å². The van der Waals surface area contributed by atoms with E-state index in [-0.39, 0.29) is 11.3 Å². The summed E-state index contributed by atoms with van der Waals surface area (Å²) in [5, 5.41) is 3.30. The van der Waals surface area contributed by atoms with Crippen LogP contribution in [0.3, 0.4) is 0 Å². The second kappa shape index (κ2) is 5.75. The molecule has 0 radical (unpaired) electrons. The van der Waals surface area contributed by atoms with Crippen LogP contribution in [0.5, 0.6) is 5.75 Å². The van der Waals surface area contributed by atoms with E-state index < -0.39 is 0 Å². The first-order chi connectivity index (χ1) is 12.1. The summed E-state index contributed by atoms with van der Waals surface area (Å²) >= 11 is 0. The number of methoxy groups -OCH3 is 1. The smallest absolute Gasteiger partial charge is 0.230 e. The molecular weight excluding hydrogens is 310 g/mol. The van der Waals surface area contributed by atoms with Crippen LogP contribution < -0.4 is 10.1 Å². The van der Waals surface area contributed by atoms with Crippen molar-refractivity contribution in [1.82, 2.24) is 0 Å². The van der Waals surface area contributed by atoms with Gasteiger partial charge in [-0.05, 0) is 105 Å². The van der Waals surface area contributed by atoms with Gasteiger partial charge in [0.1, 0.15) is 5.75 Å². The fourth-order valence-electron chi connectivity index (χ4n) is 6.67.